The minimum absolute atomic E-state index is 0.0266. The van der Waals surface area contributed by atoms with E-state index < -0.39 is 0 Å². The van der Waals surface area contributed by atoms with Crippen molar-refractivity contribution in [2.24, 2.45) is 5.92 Å². The predicted molar refractivity (Wildman–Crippen MR) is 90.6 cm³/mol. The van der Waals surface area contributed by atoms with Gasteiger partial charge in [-0.1, -0.05) is 30.3 Å². The highest BCUT2D eigenvalue weighted by Gasteiger charge is 2.25. The number of nitrogens with zero attached hydrogens (tertiary/aromatic N) is 1. The monoisotopic (exact) mass is 324 g/mol. The van der Waals surface area contributed by atoms with E-state index in [1.54, 1.807) is 11.3 Å². The second-order valence-corrected chi connectivity index (χ2v) is 6.73. The number of benzene rings is 2. The Kier molecular flexibility index (Phi) is 3.71. The van der Waals surface area contributed by atoms with Gasteiger partial charge in [-0.05, 0) is 30.2 Å². The van der Waals surface area contributed by atoms with Crippen LogP contribution < -0.4 is 10.1 Å². The number of aromatic nitrogens is 1. The SMILES string of the molecule is O=C(NCc1nc2ccccc2s1)C1COc2ccccc2C1. The molecule has 5 heteroatoms. The lowest BCUT2D eigenvalue weighted by molar-refractivity contribution is -0.126. The van der Waals surface area contributed by atoms with Gasteiger partial charge in [0.05, 0.1) is 22.7 Å². The molecule has 1 aliphatic heterocycles. The van der Waals surface area contributed by atoms with Crippen LogP contribution in [0.2, 0.25) is 0 Å². The number of hydrogen-bond acceptors (Lipinski definition) is 4. The average molecular weight is 324 g/mol. The van der Waals surface area contributed by atoms with E-state index in [0.29, 0.717) is 13.2 Å². The quantitative estimate of drug-likeness (QED) is 0.805. The van der Waals surface area contributed by atoms with Crippen molar-refractivity contribution in [1.29, 1.82) is 0 Å². The number of rotatable bonds is 3. The third kappa shape index (κ3) is 2.92. The highest BCUT2D eigenvalue weighted by Crippen LogP contribution is 2.27. The number of carbonyl (C=O) groups is 1. The third-order valence-electron chi connectivity index (χ3n) is 4.00. The van der Waals surface area contributed by atoms with Gasteiger partial charge in [0.25, 0.3) is 0 Å². The molecule has 2 aromatic carbocycles. The molecule has 116 valence electrons. The molecule has 23 heavy (non-hydrogen) atoms. The van der Waals surface area contributed by atoms with Crippen molar-refractivity contribution in [3.8, 4) is 5.75 Å². The van der Waals surface area contributed by atoms with Crippen molar-refractivity contribution >= 4 is 27.5 Å². The normalized spacial score (nSPS) is 16.6. The van der Waals surface area contributed by atoms with E-state index in [2.05, 4.69) is 10.3 Å². The first kappa shape index (κ1) is 14.2. The van der Waals surface area contributed by atoms with Gasteiger partial charge < -0.3 is 10.1 Å². The number of amides is 1. The van der Waals surface area contributed by atoms with E-state index in [-0.39, 0.29) is 11.8 Å². The summed E-state index contributed by atoms with van der Waals surface area (Å²) in [6, 6.07) is 15.9. The third-order valence-corrected chi connectivity index (χ3v) is 5.04. The summed E-state index contributed by atoms with van der Waals surface area (Å²) in [4.78, 5) is 16.9. The summed E-state index contributed by atoms with van der Waals surface area (Å²) in [5, 5.41) is 3.92. The summed E-state index contributed by atoms with van der Waals surface area (Å²) in [7, 11) is 0. The van der Waals surface area contributed by atoms with Gasteiger partial charge in [0.2, 0.25) is 5.91 Å². The van der Waals surface area contributed by atoms with Crippen molar-refractivity contribution < 1.29 is 9.53 Å². The van der Waals surface area contributed by atoms with Crippen LogP contribution in [-0.4, -0.2) is 17.5 Å². The molecule has 0 bridgehead atoms. The summed E-state index contributed by atoms with van der Waals surface area (Å²) < 4.78 is 6.83. The Morgan fingerprint density at radius 1 is 1.22 bits per heavy atom. The molecule has 1 atom stereocenters. The largest absolute Gasteiger partial charge is 0.492 e. The Balaban J connectivity index is 1.40. The second kappa shape index (κ2) is 6.01. The smallest absolute Gasteiger partial charge is 0.227 e. The zero-order chi connectivity index (χ0) is 15.6. The van der Waals surface area contributed by atoms with Gasteiger partial charge in [-0.2, -0.15) is 0 Å². The number of ether oxygens (including phenoxy) is 1. The zero-order valence-electron chi connectivity index (χ0n) is 12.5. The van der Waals surface area contributed by atoms with Crippen LogP contribution in [0, 0.1) is 5.92 Å². The maximum Gasteiger partial charge on any atom is 0.227 e. The lowest BCUT2D eigenvalue weighted by atomic mass is 9.96. The van der Waals surface area contributed by atoms with Gasteiger partial charge in [-0.15, -0.1) is 11.3 Å². The topological polar surface area (TPSA) is 51.2 Å². The van der Waals surface area contributed by atoms with Gasteiger partial charge in [0.1, 0.15) is 17.4 Å². The minimum atomic E-state index is -0.140. The average Bonchev–Trinajstić information content (AvgIpc) is 3.02. The van der Waals surface area contributed by atoms with Crippen LogP contribution in [0.3, 0.4) is 0 Å². The Morgan fingerprint density at radius 2 is 2.04 bits per heavy atom. The van der Waals surface area contributed by atoms with Crippen LogP contribution in [0.15, 0.2) is 48.5 Å². The highest BCUT2D eigenvalue weighted by atomic mass is 32.1. The second-order valence-electron chi connectivity index (χ2n) is 5.61. The lowest BCUT2D eigenvalue weighted by Crippen LogP contribution is -2.37. The first-order chi connectivity index (χ1) is 11.3. The summed E-state index contributed by atoms with van der Waals surface area (Å²) in [5.41, 5.74) is 2.08. The van der Waals surface area contributed by atoms with Crippen LogP contribution in [0.5, 0.6) is 5.75 Å². The molecule has 3 aromatic rings. The maximum atomic E-state index is 12.4. The maximum absolute atomic E-state index is 12.4. The molecule has 4 nitrogen and oxygen atoms in total. The minimum Gasteiger partial charge on any atom is -0.492 e. The van der Waals surface area contributed by atoms with Gasteiger partial charge in [-0.25, -0.2) is 4.98 Å². The molecule has 0 spiro atoms. The van der Waals surface area contributed by atoms with E-state index in [4.69, 9.17) is 4.74 Å². The number of para-hydroxylation sites is 2. The number of nitrogens with one attached hydrogen (secondary N) is 1. The van der Waals surface area contributed by atoms with Gasteiger partial charge >= 0.3 is 0 Å². The Morgan fingerprint density at radius 3 is 2.96 bits per heavy atom. The molecule has 1 aromatic heterocycles. The highest BCUT2D eigenvalue weighted by molar-refractivity contribution is 7.18. The van der Waals surface area contributed by atoms with Gasteiger partial charge in [0.15, 0.2) is 0 Å². The molecule has 0 radical (unpaired) electrons. The summed E-state index contributed by atoms with van der Waals surface area (Å²) in [6.45, 7) is 0.902. The van der Waals surface area contributed by atoms with Crippen molar-refractivity contribution in [3.05, 3.63) is 59.1 Å². The molecular formula is C18H16N2O2S. The number of hydrogen-bond donors (Lipinski definition) is 1. The predicted octanol–water partition coefficient (Wildman–Crippen LogP) is 3.16. The van der Waals surface area contributed by atoms with Crippen molar-refractivity contribution in [3.63, 3.8) is 0 Å². The fourth-order valence-electron chi connectivity index (χ4n) is 2.80. The number of thiazole rings is 1. The molecule has 0 fully saturated rings. The van der Waals surface area contributed by atoms with E-state index in [9.17, 15) is 4.79 Å². The Labute approximate surface area is 138 Å². The molecule has 1 aliphatic rings. The van der Waals surface area contributed by atoms with E-state index >= 15 is 0 Å². The van der Waals surface area contributed by atoms with Crippen LogP contribution in [0.4, 0.5) is 0 Å². The lowest BCUT2D eigenvalue weighted by Gasteiger charge is -2.24. The fraction of sp³-hybridized carbons (Fsp3) is 0.222. The molecule has 2 heterocycles. The van der Waals surface area contributed by atoms with E-state index in [1.165, 1.54) is 0 Å². The summed E-state index contributed by atoms with van der Waals surface area (Å²) >= 11 is 1.62. The number of fused-ring (bicyclic) bond motifs is 2. The zero-order valence-corrected chi connectivity index (χ0v) is 13.3. The van der Waals surface area contributed by atoms with Crippen LogP contribution >= 0.6 is 11.3 Å². The van der Waals surface area contributed by atoms with Crippen LogP contribution in [0.25, 0.3) is 10.2 Å². The number of carbonyl (C=O) groups excluding carboxylic acids is 1. The molecule has 0 saturated carbocycles. The van der Waals surface area contributed by atoms with Gasteiger partial charge in [0, 0.05) is 0 Å². The summed E-state index contributed by atoms with van der Waals surface area (Å²) in [5.74, 6) is 0.778. The van der Waals surface area contributed by atoms with E-state index in [0.717, 1.165) is 33.0 Å². The molecule has 0 aliphatic carbocycles. The van der Waals surface area contributed by atoms with E-state index in [1.807, 2.05) is 48.5 Å². The van der Waals surface area contributed by atoms with Crippen molar-refractivity contribution in [2.75, 3.05) is 6.61 Å². The Hall–Kier alpha value is -2.40. The fourth-order valence-corrected chi connectivity index (χ4v) is 3.71. The Bertz CT molecular complexity index is 826. The molecule has 1 amide bonds. The molecule has 1 unspecified atom stereocenters. The molecule has 0 saturated heterocycles. The molecule has 1 N–H and O–H groups in total. The first-order valence-corrected chi connectivity index (χ1v) is 8.44. The van der Waals surface area contributed by atoms with Crippen LogP contribution in [-0.2, 0) is 17.8 Å². The van der Waals surface area contributed by atoms with Gasteiger partial charge in [-0.3, -0.25) is 4.79 Å². The van der Waals surface area contributed by atoms with Crippen LogP contribution in [0.1, 0.15) is 10.6 Å². The molecule has 4 rings (SSSR count). The van der Waals surface area contributed by atoms with Crippen molar-refractivity contribution in [1.82, 2.24) is 10.3 Å². The van der Waals surface area contributed by atoms with Crippen molar-refractivity contribution in [2.45, 2.75) is 13.0 Å². The molecular weight excluding hydrogens is 308 g/mol. The standard InChI is InChI=1S/C18H16N2O2S/c21-18(13-9-12-5-1-3-7-15(12)22-11-13)19-10-17-20-14-6-2-4-8-16(14)23-17/h1-8,13H,9-11H2,(H,19,21). The first-order valence-electron chi connectivity index (χ1n) is 7.62. The summed E-state index contributed by atoms with van der Waals surface area (Å²) in [6.07, 6.45) is 0.724.